The van der Waals surface area contributed by atoms with Gasteiger partial charge in [0.05, 0.1) is 0 Å². The molecule has 0 bridgehead atoms. The minimum Gasteiger partial charge on any atom is -0.507 e. The smallest absolute Gasteiger partial charge is 0.123 e. The summed E-state index contributed by atoms with van der Waals surface area (Å²) in [5, 5.41) is 11.1. The van der Waals surface area contributed by atoms with Gasteiger partial charge in [0, 0.05) is 16.5 Å². The quantitative estimate of drug-likeness (QED) is 0.491. The number of benzene rings is 2. The lowest BCUT2D eigenvalue weighted by molar-refractivity contribution is 0.481. The van der Waals surface area contributed by atoms with Gasteiger partial charge >= 0.3 is 0 Å². The second-order valence-corrected chi connectivity index (χ2v) is 4.00. The number of fused-ring (bicyclic) bond motifs is 1. The van der Waals surface area contributed by atoms with E-state index in [1.807, 2.05) is 24.3 Å². The first-order chi connectivity index (χ1) is 8.70. The third kappa shape index (κ3) is 3.91. The molecule has 0 fully saturated rings. The van der Waals surface area contributed by atoms with Crippen molar-refractivity contribution in [3.8, 4) is 5.75 Å². The van der Waals surface area contributed by atoms with Gasteiger partial charge in [0.2, 0.25) is 0 Å². The van der Waals surface area contributed by atoms with E-state index in [4.69, 9.17) is 17.2 Å². The van der Waals surface area contributed by atoms with Gasteiger partial charge in [0.15, 0.2) is 0 Å². The van der Waals surface area contributed by atoms with E-state index in [-0.39, 0.29) is 5.75 Å². The fraction of sp³-hybridized carbons (Fsp3) is 0.286. The molecule has 0 unspecified atom stereocenters. The fourth-order valence-corrected chi connectivity index (χ4v) is 1.61. The number of hydrogen-bond donors (Lipinski definition) is 4. The summed E-state index contributed by atoms with van der Waals surface area (Å²) in [6.07, 6.45) is 2.13. The molecule has 0 saturated heterocycles. The number of rotatable bonds is 3. The van der Waals surface area contributed by atoms with E-state index in [1.54, 1.807) is 12.1 Å². The first-order valence-corrected chi connectivity index (χ1v) is 6.07. The van der Waals surface area contributed by atoms with Crippen molar-refractivity contribution in [2.45, 2.75) is 12.8 Å². The Kier molecular flexibility index (Phi) is 5.97. The van der Waals surface area contributed by atoms with Gasteiger partial charge in [-0.25, -0.2) is 0 Å². The van der Waals surface area contributed by atoms with Crippen LogP contribution in [-0.2, 0) is 0 Å². The number of phenols is 1. The van der Waals surface area contributed by atoms with Gasteiger partial charge in [-0.2, -0.15) is 0 Å². The lowest BCUT2D eigenvalue weighted by Gasteiger charge is -2.02. The van der Waals surface area contributed by atoms with Crippen LogP contribution in [0, 0.1) is 0 Å². The highest BCUT2D eigenvalue weighted by Crippen LogP contribution is 2.27. The number of aromatic hydroxyl groups is 1. The van der Waals surface area contributed by atoms with Gasteiger partial charge in [0.25, 0.3) is 0 Å². The molecule has 18 heavy (non-hydrogen) atoms. The van der Waals surface area contributed by atoms with Gasteiger partial charge < -0.3 is 22.3 Å². The van der Waals surface area contributed by atoms with Crippen molar-refractivity contribution in [1.29, 1.82) is 0 Å². The Bertz CT molecular complexity index is 440. The summed E-state index contributed by atoms with van der Waals surface area (Å²) < 4.78 is 0. The van der Waals surface area contributed by atoms with E-state index in [0.29, 0.717) is 5.69 Å². The van der Waals surface area contributed by atoms with Crippen LogP contribution in [0.4, 0.5) is 5.69 Å². The zero-order chi connectivity index (χ0) is 13.4. The van der Waals surface area contributed by atoms with Crippen molar-refractivity contribution < 1.29 is 5.11 Å². The van der Waals surface area contributed by atoms with E-state index in [1.165, 1.54) is 0 Å². The summed E-state index contributed by atoms with van der Waals surface area (Å²) in [6.45, 7) is 1.55. The molecule has 7 N–H and O–H groups in total. The van der Waals surface area contributed by atoms with Gasteiger partial charge in [-0.3, -0.25) is 0 Å². The molecule has 0 spiro atoms. The van der Waals surface area contributed by atoms with Gasteiger partial charge in [-0.1, -0.05) is 24.3 Å². The standard InChI is InChI=1S/C10H9NO.C4H12N2/c11-9-5-1-4-8-7(9)3-2-6-10(8)12;5-3-1-2-4-6/h1-6,12H,11H2;1-6H2. The summed E-state index contributed by atoms with van der Waals surface area (Å²) in [6, 6.07) is 10.8. The monoisotopic (exact) mass is 247 g/mol. The van der Waals surface area contributed by atoms with Crippen LogP contribution in [0.3, 0.4) is 0 Å². The summed E-state index contributed by atoms with van der Waals surface area (Å²) >= 11 is 0. The maximum atomic E-state index is 9.44. The molecule has 0 aliphatic rings. The molecule has 0 aliphatic heterocycles. The van der Waals surface area contributed by atoms with Gasteiger partial charge in [-0.15, -0.1) is 0 Å². The van der Waals surface area contributed by atoms with Crippen LogP contribution in [0.5, 0.6) is 5.75 Å². The predicted octanol–water partition coefficient (Wildman–Crippen LogP) is 1.81. The van der Waals surface area contributed by atoms with Crippen molar-refractivity contribution in [3.63, 3.8) is 0 Å². The average molecular weight is 247 g/mol. The Morgan fingerprint density at radius 2 is 1.39 bits per heavy atom. The summed E-state index contributed by atoms with van der Waals surface area (Å²) in [5.74, 6) is 0.278. The maximum Gasteiger partial charge on any atom is 0.123 e. The molecule has 0 saturated carbocycles. The highest BCUT2D eigenvalue weighted by molar-refractivity contribution is 5.96. The van der Waals surface area contributed by atoms with Crippen molar-refractivity contribution in [1.82, 2.24) is 0 Å². The second kappa shape index (κ2) is 7.53. The lowest BCUT2D eigenvalue weighted by Crippen LogP contribution is -2.03. The molecule has 4 nitrogen and oxygen atoms in total. The molecule has 0 atom stereocenters. The van der Waals surface area contributed by atoms with E-state index in [2.05, 4.69) is 0 Å². The number of unbranched alkanes of at least 4 members (excludes halogenated alkanes) is 1. The second-order valence-electron chi connectivity index (χ2n) is 4.00. The third-order valence-electron chi connectivity index (χ3n) is 2.59. The van der Waals surface area contributed by atoms with Crippen LogP contribution in [0.15, 0.2) is 36.4 Å². The van der Waals surface area contributed by atoms with E-state index < -0.39 is 0 Å². The topological polar surface area (TPSA) is 98.3 Å². The number of hydrogen-bond acceptors (Lipinski definition) is 4. The minimum atomic E-state index is 0.278. The lowest BCUT2D eigenvalue weighted by atomic mass is 10.1. The molecule has 98 valence electrons. The Hall–Kier alpha value is -1.78. The largest absolute Gasteiger partial charge is 0.507 e. The van der Waals surface area contributed by atoms with Crippen LogP contribution in [0.25, 0.3) is 10.8 Å². The predicted molar refractivity (Wildman–Crippen MR) is 77.4 cm³/mol. The molecular weight excluding hydrogens is 226 g/mol. The molecule has 0 aromatic heterocycles. The molecule has 2 aromatic rings. The first-order valence-electron chi connectivity index (χ1n) is 6.07. The SMILES string of the molecule is NCCCCN.Nc1cccc2c(O)cccc12. The number of anilines is 1. The summed E-state index contributed by atoms with van der Waals surface area (Å²) in [4.78, 5) is 0. The number of nitrogen functional groups attached to an aromatic ring is 1. The number of phenolic OH excluding ortho intramolecular Hbond substituents is 1. The molecule has 0 aliphatic carbocycles. The van der Waals surface area contributed by atoms with Crippen LogP contribution in [0.2, 0.25) is 0 Å². The van der Waals surface area contributed by atoms with Crippen LogP contribution in [0.1, 0.15) is 12.8 Å². The van der Waals surface area contributed by atoms with Gasteiger partial charge in [0.1, 0.15) is 5.75 Å². The van der Waals surface area contributed by atoms with Crippen molar-refractivity contribution >= 4 is 16.5 Å². The molecule has 2 rings (SSSR count). The molecule has 4 heteroatoms. The Labute approximate surface area is 107 Å². The Morgan fingerprint density at radius 3 is 1.94 bits per heavy atom. The zero-order valence-corrected chi connectivity index (χ0v) is 10.5. The normalized spacial score (nSPS) is 9.89. The van der Waals surface area contributed by atoms with Crippen LogP contribution in [-0.4, -0.2) is 18.2 Å². The number of nitrogens with two attached hydrogens (primary N) is 3. The molecule has 2 aromatic carbocycles. The molecule has 0 heterocycles. The molecule has 0 radical (unpaired) electrons. The van der Waals surface area contributed by atoms with E-state index in [0.717, 1.165) is 36.7 Å². The third-order valence-corrected chi connectivity index (χ3v) is 2.59. The van der Waals surface area contributed by atoms with Crippen LogP contribution >= 0.6 is 0 Å². The van der Waals surface area contributed by atoms with Crippen molar-refractivity contribution in [2.24, 2.45) is 11.5 Å². The first kappa shape index (κ1) is 14.3. The van der Waals surface area contributed by atoms with E-state index in [9.17, 15) is 5.11 Å². The Morgan fingerprint density at radius 1 is 0.833 bits per heavy atom. The summed E-state index contributed by atoms with van der Waals surface area (Å²) in [5.41, 5.74) is 16.7. The fourth-order valence-electron chi connectivity index (χ4n) is 1.61. The van der Waals surface area contributed by atoms with Gasteiger partial charge in [-0.05, 0) is 38.1 Å². The average Bonchev–Trinajstić information content (AvgIpc) is 2.39. The Balaban J connectivity index is 0.000000232. The van der Waals surface area contributed by atoms with Crippen LogP contribution < -0.4 is 17.2 Å². The molecule has 0 amide bonds. The van der Waals surface area contributed by atoms with Crippen molar-refractivity contribution in [2.75, 3.05) is 18.8 Å². The van der Waals surface area contributed by atoms with E-state index >= 15 is 0 Å². The minimum absolute atomic E-state index is 0.278. The maximum absolute atomic E-state index is 9.44. The molecular formula is C14H21N3O. The highest BCUT2D eigenvalue weighted by atomic mass is 16.3. The highest BCUT2D eigenvalue weighted by Gasteiger charge is 1.99. The van der Waals surface area contributed by atoms with Crippen molar-refractivity contribution in [3.05, 3.63) is 36.4 Å². The zero-order valence-electron chi connectivity index (χ0n) is 10.5. The summed E-state index contributed by atoms with van der Waals surface area (Å²) in [7, 11) is 0.